The number of hydrogen-bond donors (Lipinski definition) is 0. The standard InChI is InChI=1S/C18H25N5O3S/c1-12(2)18-19-16(11-21(18)3)27(25,26)22-8-13(9-22)10-23-17(24)7-6-15(20-23)14-4-5-14/h6-7,11-14H,4-5,8-10H2,1-3H3. The van der Waals surface area contributed by atoms with Crippen LogP contribution in [0.2, 0.25) is 0 Å². The predicted octanol–water partition coefficient (Wildman–Crippen LogP) is 1.30. The molecule has 2 fully saturated rings. The minimum Gasteiger partial charge on any atom is -0.336 e. The molecule has 0 unspecified atom stereocenters. The van der Waals surface area contributed by atoms with E-state index in [1.807, 2.05) is 20.9 Å². The van der Waals surface area contributed by atoms with Crippen LogP contribution in [0.3, 0.4) is 0 Å². The molecule has 27 heavy (non-hydrogen) atoms. The molecule has 2 aromatic rings. The summed E-state index contributed by atoms with van der Waals surface area (Å²) in [6, 6.07) is 3.37. The van der Waals surface area contributed by atoms with Gasteiger partial charge in [0.15, 0.2) is 5.03 Å². The molecule has 3 heterocycles. The highest BCUT2D eigenvalue weighted by molar-refractivity contribution is 7.89. The minimum absolute atomic E-state index is 0.0905. The average molecular weight is 391 g/mol. The monoisotopic (exact) mass is 391 g/mol. The second-order valence-electron chi connectivity index (χ2n) is 7.94. The summed E-state index contributed by atoms with van der Waals surface area (Å²) in [5.74, 6) is 1.47. The van der Waals surface area contributed by atoms with E-state index in [1.54, 1.807) is 22.9 Å². The average Bonchev–Trinajstić information content (AvgIpc) is 3.33. The lowest BCUT2D eigenvalue weighted by Crippen LogP contribution is -2.52. The van der Waals surface area contributed by atoms with E-state index in [1.165, 1.54) is 8.99 Å². The smallest absolute Gasteiger partial charge is 0.266 e. The number of aromatic nitrogens is 4. The van der Waals surface area contributed by atoms with E-state index in [4.69, 9.17) is 0 Å². The molecule has 146 valence electrons. The van der Waals surface area contributed by atoms with Gasteiger partial charge in [0.05, 0.1) is 12.2 Å². The molecule has 0 radical (unpaired) electrons. The van der Waals surface area contributed by atoms with Gasteiger partial charge in [-0.3, -0.25) is 4.79 Å². The maximum absolute atomic E-state index is 12.8. The summed E-state index contributed by atoms with van der Waals surface area (Å²) < 4.78 is 30.3. The van der Waals surface area contributed by atoms with Gasteiger partial charge in [0.25, 0.3) is 15.6 Å². The molecule has 1 aliphatic carbocycles. The van der Waals surface area contributed by atoms with E-state index in [0.29, 0.717) is 25.6 Å². The first-order valence-corrected chi connectivity index (χ1v) is 10.8. The highest BCUT2D eigenvalue weighted by atomic mass is 32.2. The summed E-state index contributed by atoms with van der Waals surface area (Å²) in [7, 11) is -1.78. The molecule has 0 aromatic carbocycles. The molecule has 0 amide bonds. The molecular weight excluding hydrogens is 366 g/mol. The van der Waals surface area contributed by atoms with Gasteiger partial charge in [0.2, 0.25) is 0 Å². The normalized spacial score (nSPS) is 18.8. The summed E-state index contributed by atoms with van der Waals surface area (Å²) >= 11 is 0. The van der Waals surface area contributed by atoms with Gasteiger partial charge in [-0.15, -0.1) is 0 Å². The van der Waals surface area contributed by atoms with Crippen molar-refractivity contribution in [3.63, 3.8) is 0 Å². The zero-order chi connectivity index (χ0) is 19.3. The van der Waals surface area contributed by atoms with Gasteiger partial charge in [0, 0.05) is 50.2 Å². The minimum atomic E-state index is -3.59. The van der Waals surface area contributed by atoms with Crippen LogP contribution in [0.25, 0.3) is 0 Å². The van der Waals surface area contributed by atoms with Gasteiger partial charge in [0.1, 0.15) is 5.82 Å². The van der Waals surface area contributed by atoms with Crippen molar-refractivity contribution in [1.82, 2.24) is 23.6 Å². The van der Waals surface area contributed by atoms with Gasteiger partial charge < -0.3 is 4.57 Å². The van der Waals surface area contributed by atoms with Crippen LogP contribution >= 0.6 is 0 Å². The molecule has 9 heteroatoms. The second-order valence-corrected chi connectivity index (χ2v) is 9.83. The summed E-state index contributed by atoms with van der Waals surface area (Å²) in [6.07, 6.45) is 3.83. The fourth-order valence-electron chi connectivity index (χ4n) is 3.52. The number of imidazole rings is 1. The Morgan fingerprint density at radius 3 is 2.52 bits per heavy atom. The molecule has 1 aliphatic heterocycles. The molecule has 0 spiro atoms. The Bertz CT molecular complexity index is 1010. The maximum atomic E-state index is 12.8. The molecular formula is C18H25N5O3S. The molecule has 4 rings (SSSR count). The third-order valence-electron chi connectivity index (χ3n) is 5.25. The van der Waals surface area contributed by atoms with Gasteiger partial charge in [-0.25, -0.2) is 18.1 Å². The molecule has 2 aliphatic rings. The molecule has 0 N–H and O–H groups in total. The Kier molecular flexibility index (Phi) is 4.46. The van der Waals surface area contributed by atoms with Gasteiger partial charge in [-0.1, -0.05) is 13.8 Å². The number of nitrogens with zero attached hydrogens (tertiary/aromatic N) is 5. The van der Waals surface area contributed by atoms with Crippen molar-refractivity contribution in [2.24, 2.45) is 13.0 Å². The molecule has 1 saturated heterocycles. The lowest BCUT2D eigenvalue weighted by molar-refractivity contribution is 0.172. The second kappa shape index (κ2) is 6.56. The van der Waals surface area contributed by atoms with E-state index < -0.39 is 10.0 Å². The summed E-state index contributed by atoms with van der Waals surface area (Å²) in [6.45, 7) is 5.19. The van der Waals surface area contributed by atoms with Crippen LogP contribution in [0.15, 0.2) is 28.2 Å². The number of rotatable bonds is 6. The van der Waals surface area contributed by atoms with E-state index in [-0.39, 0.29) is 22.4 Å². The number of sulfonamides is 1. The summed E-state index contributed by atoms with van der Waals surface area (Å²) in [4.78, 5) is 16.4. The van der Waals surface area contributed by atoms with Crippen LogP contribution in [0, 0.1) is 5.92 Å². The van der Waals surface area contributed by atoms with Crippen molar-refractivity contribution >= 4 is 10.0 Å². The lowest BCUT2D eigenvalue weighted by atomic mass is 10.0. The molecule has 8 nitrogen and oxygen atoms in total. The first-order chi connectivity index (χ1) is 12.8. The van der Waals surface area contributed by atoms with Gasteiger partial charge in [-0.05, 0) is 18.9 Å². The van der Waals surface area contributed by atoms with Crippen LogP contribution in [0.1, 0.15) is 50.0 Å². The first-order valence-electron chi connectivity index (χ1n) is 9.37. The highest BCUT2D eigenvalue weighted by Gasteiger charge is 2.39. The van der Waals surface area contributed by atoms with Gasteiger partial charge >= 0.3 is 0 Å². The van der Waals surface area contributed by atoms with Gasteiger partial charge in [-0.2, -0.15) is 9.40 Å². The number of aryl methyl sites for hydroxylation is 1. The van der Waals surface area contributed by atoms with Crippen LogP contribution in [0.4, 0.5) is 0 Å². The number of hydrogen-bond acceptors (Lipinski definition) is 5. The Balaban J connectivity index is 1.44. The quantitative estimate of drug-likeness (QED) is 0.740. The van der Waals surface area contributed by atoms with Crippen LogP contribution in [0.5, 0.6) is 0 Å². The van der Waals surface area contributed by atoms with E-state index in [9.17, 15) is 13.2 Å². The predicted molar refractivity (Wildman–Crippen MR) is 100 cm³/mol. The Morgan fingerprint density at radius 1 is 1.22 bits per heavy atom. The maximum Gasteiger partial charge on any atom is 0.266 e. The van der Waals surface area contributed by atoms with E-state index in [0.717, 1.165) is 24.4 Å². The van der Waals surface area contributed by atoms with Crippen LogP contribution in [-0.2, 0) is 23.6 Å². The fraction of sp³-hybridized carbons (Fsp3) is 0.611. The van der Waals surface area contributed by atoms with Crippen LogP contribution in [-0.4, -0.2) is 45.1 Å². The first kappa shape index (κ1) is 18.4. The van der Waals surface area contributed by atoms with Crippen LogP contribution < -0.4 is 5.56 Å². The zero-order valence-electron chi connectivity index (χ0n) is 15.9. The van der Waals surface area contributed by atoms with E-state index >= 15 is 0 Å². The highest BCUT2D eigenvalue weighted by Crippen LogP contribution is 2.38. The van der Waals surface area contributed by atoms with Crippen molar-refractivity contribution in [2.45, 2.75) is 50.1 Å². The molecule has 2 aromatic heterocycles. The van der Waals surface area contributed by atoms with E-state index in [2.05, 4.69) is 10.1 Å². The van der Waals surface area contributed by atoms with Crippen molar-refractivity contribution in [1.29, 1.82) is 0 Å². The fourth-order valence-corrected chi connectivity index (χ4v) is 5.10. The molecule has 1 saturated carbocycles. The third kappa shape index (κ3) is 3.45. The molecule has 0 atom stereocenters. The largest absolute Gasteiger partial charge is 0.336 e. The Hall–Kier alpha value is -2.00. The SMILES string of the molecule is CC(C)c1nc(S(=O)(=O)N2CC(Cn3nc(C4CC4)ccc3=O)C2)cn1C. The lowest BCUT2D eigenvalue weighted by Gasteiger charge is -2.37. The molecule has 0 bridgehead atoms. The van der Waals surface area contributed by atoms with Crippen molar-refractivity contribution in [3.8, 4) is 0 Å². The Morgan fingerprint density at radius 2 is 1.93 bits per heavy atom. The third-order valence-corrected chi connectivity index (χ3v) is 6.95. The Labute approximate surface area is 158 Å². The zero-order valence-corrected chi connectivity index (χ0v) is 16.7. The topological polar surface area (TPSA) is 90.1 Å². The summed E-state index contributed by atoms with van der Waals surface area (Å²) in [5, 5.41) is 4.55. The van der Waals surface area contributed by atoms with Crippen molar-refractivity contribution in [2.75, 3.05) is 13.1 Å². The van der Waals surface area contributed by atoms with Crippen molar-refractivity contribution < 1.29 is 8.42 Å². The summed E-state index contributed by atoms with van der Waals surface area (Å²) in [5.41, 5.74) is 0.833. The van der Waals surface area contributed by atoms with Crippen molar-refractivity contribution in [3.05, 3.63) is 40.2 Å².